The van der Waals surface area contributed by atoms with E-state index in [0.717, 1.165) is 47.8 Å². The highest BCUT2D eigenvalue weighted by Crippen LogP contribution is 2.26. The third kappa shape index (κ3) is 5.02. The van der Waals surface area contributed by atoms with Crippen LogP contribution in [0.5, 0.6) is 5.75 Å². The fraction of sp³-hybridized carbons (Fsp3) is 0.320. The van der Waals surface area contributed by atoms with Crippen LogP contribution < -0.4 is 15.0 Å². The third-order valence-corrected chi connectivity index (χ3v) is 5.81. The Kier molecular flexibility index (Phi) is 6.46. The molecule has 0 saturated carbocycles. The molecule has 4 rings (SSSR count). The standard InChI is InChI=1S/C25H28N4O2/c1-18(19-7-4-3-5-8-19)28-25(30)21-9-6-14-29(16-21)24-15-23(26-17-27-24)20-10-12-22(31-2)13-11-20/h3-5,7-8,10-13,15,17-18,21H,6,9,14,16H2,1-2H3,(H,28,30)/t18-,21+/m0/s1. The van der Waals surface area contributed by atoms with Gasteiger partial charge in [0, 0.05) is 24.7 Å². The number of methoxy groups -OCH3 is 1. The van der Waals surface area contributed by atoms with Crippen molar-refractivity contribution < 1.29 is 9.53 Å². The summed E-state index contributed by atoms with van der Waals surface area (Å²) in [5.74, 6) is 1.71. The Balaban J connectivity index is 1.44. The molecule has 0 unspecified atom stereocenters. The summed E-state index contributed by atoms with van der Waals surface area (Å²) in [6.45, 7) is 3.57. The first kappa shape index (κ1) is 20.8. The predicted molar refractivity (Wildman–Crippen MR) is 122 cm³/mol. The molecule has 1 saturated heterocycles. The maximum absolute atomic E-state index is 12.9. The normalized spacial score (nSPS) is 17.1. The predicted octanol–water partition coefficient (Wildman–Crippen LogP) is 4.25. The molecular weight excluding hydrogens is 388 g/mol. The average molecular weight is 417 g/mol. The molecule has 3 aromatic rings. The summed E-state index contributed by atoms with van der Waals surface area (Å²) >= 11 is 0. The first-order valence-electron chi connectivity index (χ1n) is 10.7. The van der Waals surface area contributed by atoms with E-state index in [-0.39, 0.29) is 17.9 Å². The minimum atomic E-state index is -0.0562. The van der Waals surface area contributed by atoms with Gasteiger partial charge in [-0.05, 0) is 49.6 Å². The maximum atomic E-state index is 12.9. The molecular formula is C25H28N4O2. The largest absolute Gasteiger partial charge is 0.497 e. The molecule has 1 fully saturated rings. The van der Waals surface area contributed by atoms with Crippen molar-refractivity contribution in [2.75, 3.05) is 25.1 Å². The Morgan fingerprint density at radius 2 is 1.90 bits per heavy atom. The molecule has 2 atom stereocenters. The van der Waals surface area contributed by atoms with Crippen LogP contribution in [0.4, 0.5) is 5.82 Å². The monoisotopic (exact) mass is 416 g/mol. The number of piperidine rings is 1. The van der Waals surface area contributed by atoms with Crippen molar-refractivity contribution in [2.24, 2.45) is 5.92 Å². The smallest absolute Gasteiger partial charge is 0.225 e. The number of anilines is 1. The van der Waals surface area contributed by atoms with Gasteiger partial charge in [-0.25, -0.2) is 9.97 Å². The molecule has 2 aromatic carbocycles. The van der Waals surface area contributed by atoms with Crippen LogP contribution in [0.1, 0.15) is 31.4 Å². The molecule has 1 aliphatic rings. The molecule has 1 aromatic heterocycles. The van der Waals surface area contributed by atoms with Crippen LogP contribution in [-0.2, 0) is 4.79 Å². The van der Waals surface area contributed by atoms with Crippen molar-refractivity contribution in [1.29, 1.82) is 0 Å². The number of ether oxygens (including phenoxy) is 1. The second-order valence-corrected chi connectivity index (χ2v) is 7.92. The highest BCUT2D eigenvalue weighted by Gasteiger charge is 2.27. The highest BCUT2D eigenvalue weighted by atomic mass is 16.5. The molecule has 0 bridgehead atoms. The number of rotatable bonds is 6. The van der Waals surface area contributed by atoms with E-state index in [0.29, 0.717) is 6.54 Å². The summed E-state index contributed by atoms with van der Waals surface area (Å²) in [5, 5.41) is 3.18. The Hall–Kier alpha value is -3.41. The number of amides is 1. The van der Waals surface area contributed by atoms with E-state index in [1.165, 1.54) is 0 Å². The Bertz CT molecular complexity index is 1010. The number of nitrogens with one attached hydrogen (secondary N) is 1. The van der Waals surface area contributed by atoms with Crippen LogP contribution in [-0.4, -0.2) is 36.1 Å². The molecule has 1 amide bonds. The van der Waals surface area contributed by atoms with Crippen molar-refractivity contribution in [1.82, 2.24) is 15.3 Å². The van der Waals surface area contributed by atoms with Gasteiger partial charge in [0.2, 0.25) is 5.91 Å². The number of carbonyl (C=O) groups is 1. The van der Waals surface area contributed by atoms with Gasteiger partial charge >= 0.3 is 0 Å². The summed E-state index contributed by atoms with van der Waals surface area (Å²) in [4.78, 5) is 24.0. The zero-order valence-corrected chi connectivity index (χ0v) is 18.0. The lowest BCUT2D eigenvalue weighted by atomic mass is 9.96. The van der Waals surface area contributed by atoms with Gasteiger partial charge in [-0.1, -0.05) is 30.3 Å². The first-order chi connectivity index (χ1) is 15.1. The third-order valence-electron chi connectivity index (χ3n) is 5.81. The quantitative estimate of drug-likeness (QED) is 0.651. The Morgan fingerprint density at radius 3 is 2.65 bits per heavy atom. The van der Waals surface area contributed by atoms with Crippen LogP contribution >= 0.6 is 0 Å². The van der Waals surface area contributed by atoms with Gasteiger partial charge in [0.1, 0.15) is 17.9 Å². The van der Waals surface area contributed by atoms with Gasteiger partial charge in [-0.2, -0.15) is 0 Å². The van der Waals surface area contributed by atoms with Gasteiger partial charge in [0.25, 0.3) is 0 Å². The van der Waals surface area contributed by atoms with Crippen molar-refractivity contribution in [2.45, 2.75) is 25.8 Å². The van der Waals surface area contributed by atoms with Crippen molar-refractivity contribution in [3.63, 3.8) is 0 Å². The number of carbonyl (C=O) groups excluding carboxylic acids is 1. The number of nitrogens with zero attached hydrogens (tertiary/aromatic N) is 3. The number of aromatic nitrogens is 2. The van der Waals surface area contributed by atoms with E-state index in [9.17, 15) is 4.79 Å². The lowest BCUT2D eigenvalue weighted by molar-refractivity contribution is -0.125. The minimum absolute atomic E-state index is 0.00944. The zero-order chi connectivity index (χ0) is 21.6. The number of hydrogen-bond acceptors (Lipinski definition) is 5. The lowest BCUT2D eigenvalue weighted by Crippen LogP contribution is -2.44. The zero-order valence-electron chi connectivity index (χ0n) is 18.0. The molecule has 2 heterocycles. The molecule has 0 spiro atoms. The second-order valence-electron chi connectivity index (χ2n) is 7.92. The van der Waals surface area contributed by atoms with E-state index >= 15 is 0 Å². The fourth-order valence-electron chi connectivity index (χ4n) is 4.00. The van der Waals surface area contributed by atoms with Gasteiger partial charge in [-0.3, -0.25) is 4.79 Å². The van der Waals surface area contributed by atoms with Gasteiger partial charge in [0.05, 0.1) is 24.8 Å². The molecule has 31 heavy (non-hydrogen) atoms. The van der Waals surface area contributed by atoms with Gasteiger partial charge in [0.15, 0.2) is 0 Å². The van der Waals surface area contributed by atoms with Crippen molar-refractivity contribution in [3.8, 4) is 17.0 Å². The van der Waals surface area contributed by atoms with E-state index in [2.05, 4.69) is 20.2 Å². The van der Waals surface area contributed by atoms with Crippen LogP contribution in [0, 0.1) is 5.92 Å². The number of hydrogen-bond donors (Lipinski definition) is 1. The first-order valence-corrected chi connectivity index (χ1v) is 10.7. The summed E-state index contributed by atoms with van der Waals surface area (Å²) in [6.07, 6.45) is 3.44. The minimum Gasteiger partial charge on any atom is -0.497 e. The summed E-state index contributed by atoms with van der Waals surface area (Å²) in [6, 6.07) is 19.9. The van der Waals surface area contributed by atoms with E-state index in [1.807, 2.05) is 67.6 Å². The summed E-state index contributed by atoms with van der Waals surface area (Å²) < 4.78 is 5.23. The molecule has 1 aliphatic heterocycles. The Labute approximate surface area is 183 Å². The maximum Gasteiger partial charge on any atom is 0.225 e. The number of benzene rings is 2. The van der Waals surface area contributed by atoms with Crippen LogP contribution in [0.25, 0.3) is 11.3 Å². The summed E-state index contributed by atoms with van der Waals surface area (Å²) in [7, 11) is 1.65. The van der Waals surface area contributed by atoms with Gasteiger partial charge < -0.3 is 15.0 Å². The molecule has 0 aliphatic carbocycles. The van der Waals surface area contributed by atoms with Crippen molar-refractivity contribution in [3.05, 3.63) is 72.6 Å². The fourth-order valence-corrected chi connectivity index (χ4v) is 4.00. The van der Waals surface area contributed by atoms with E-state index < -0.39 is 0 Å². The molecule has 0 radical (unpaired) electrons. The lowest BCUT2D eigenvalue weighted by Gasteiger charge is -2.33. The van der Waals surface area contributed by atoms with E-state index in [4.69, 9.17) is 4.74 Å². The molecule has 1 N–H and O–H groups in total. The van der Waals surface area contributed by atoms with Gasteiger partial charge in [-0.15, -0.1) is 0 Å². The SMILES string of the molecule is COc1ccc(-c2cc(N3CCC[C@@H](C(=O)N[C@@H](C)c4ccccc4)C3)ncn2)cc1. The molecule has 6 nitrogen and oxygen atoms in total. The van der Waals surface area contributed by atoms with Crippen LogP contribution in [0.2, 0.25) is 0 Å². The molecule has 160 valence electrons. The van der Waals surface area contributed by atoms with E-state index in [1.54, 1.807) is 13.4 Å². The average Bonchev–Trinajstić information content (AvgIpc) is 2.84. The Morgan fingerprint density at radius 1 is 1.13 bits per heavy atom. The second kappa shape index (κ2) is 9.60. The molecule has 6 heteroatoms. The topological polar surface area (TPSA) is 67.3 Å². The van der Waals surface area contributed by atoms with Crippen LogP contribution in [0.15, 0.2) is 67.0 Å². The summed E-state index contributed by atoms with van der Waals surface area (Å²) in [5.41, 5.74) is 2.98. The van der Waals surface area contributed by atoms with Crippen molar-refractivity contribution >= 4 is 11.7 Å². The van der Waals surface area contributed by atoms with Crippen LogP contribution in [0.3, 0.4) is 0 Å². The highest BCUT2D eigenvalue weighted by molar-refractivity contribution is 5.80.